The van der Waals surface area contributed by atoms with Gasteiger partial charge < -0.3 is 4.74 Å². The van der Waals surface area contributed by atoms with Gasteiger partial charge in [0.05, 0.1) is 6.61 Å². The Bertz CT molecular complexity index is 92.4. The maximum Gasteiger partial charge on any atom is 0.242 e. The lowest BCUT2D eigenvalue weighted by atomic mass is 9.99. The van der Waals surface area contributed by atoms with Crippen molar-refractivity contribution < 1.29 is 13.5 Å². The molecule has 0 aliphatic carbocycles. The van der Waals surface area contributed by atoms with Crippen LogP contribution in [0.2, 0.25) is 0 Å². The van der Waals surface area contributed by atoms with Crippen LogP contribution >= 0.6 is 0 Å². The van der Waals surface area contributed by atoms with Crippen molar-refractivity contribution in [2.24, 2.45) is 5.92 Å². The number of ether oxygens (including phenoxy) is 1. The third kappa shape index (κ3) is 0.616. The van der Waals surface area contributed by atoms with E-state index < -0.39 is 12.5 Å². The molecule has 0 aromatic rings. The van der Waals surface area contributed by atoms with E-state index in [9.17, 15) is 8.78 Å². The standard InChI is InChI=1S/C5H8F2O/c1-4-2-8-5(4,7)3-6/h4H,2-3H2,1H3. The van der Waals surface area contributed by atoms with Crippen LogP contribution in [0.5, 0.6) is 0 Å². The number of alkyl halides is 2. The van der Waals surface area contributed by atoms with Crippen LogP contribution in [0.1, 0.15) is 6.92 Å². The van der Waals surface area contributed by atoms with Gasteiger partial charge in [0.15, 0.2) is 0 Å². The minimum atomic E-state index is -1.94. The van der Waals surface area contributed by atoms with Gasteiger partial charge in [-0.1, -0.05) is 6.92 Å². The van der Waals surface area contributed by atoms with Crippen LogP contribution < -0.4 is 0 Å². The summed E-state index contributed by atoms with van der Waals surface area (Å²) in [5.41, 5.74) is 0. The molecule has 0 aromatic heterocycles. The fourth-order valence-corrected chi connectivity index (χ4v) is 0.601. The molecule has 1 aliphatic rings. The summed E-state index contributed by atoms with van der Waals surface area (Å²) in [6, 6.07) is 0. The van der Waals surface area contributed by atoms with Gasteiger partial charge in [0.25, 0.3) is 0 Å². The normalized spacial score (nSPS) is 46.1. The minimum Gasteiger partial charge on any atom is -0.343 e. The summed E-state index contributed by atoms with van der Waals surface area (Å²) in [5, 5.41) is 0. The molecule has 0 saturated carbocycles. The lowest BCUT2D eigenvalue weighted by molar-refractivity contribution is -0.282. The molecule has 0 spiro atoms. The number of hydrogen-bond donors (Lipinski definition) is 0. The predicted molar refractivity (Wildman–Crippen MR) is 24.9 cm³/mol. The Hall–Kier alpha value is -0.180. The molecule has 2 atom stereocenters. The molecular formula is C5H8F2O. The third-order valence-corrected chi connectivity index (χ3v) is 1.49. The number of halogens is 2. The number of rotatable bonds is 1. The Balaban J connectivity index is 2.42. The molecular weight excluding hydrogens is 114 g/mol. The van der Waals surface area contributed by atoms with Crippen LogP contribution in [0.4, 0.5) is 8.78 Å². The van der Waals surface area contributed by atoms with Crippen LogP contribution in [0, 0.1) is 5.92 Å². The molecule has 1 aliphatic heterocycles. The molecule has 1 saturated heterocycles. The van der Waals surface area contributed by atoms with Crippen molar-refractivity contribution in [2.75, 3.05) is 13.3 Å². The van der Waals surface area contributed by atoms with Crippen LogP contribution in [0.25, 0.3) is 0 Å². The maximum absolute atomic E-state index is 12.4. The molecule has 8 heavy (non-hydrogen) atoms. The summed E-state index contributed by atoms with van der Waals surface area (Å²) < 4.78 is 28.3. The topological polar surface area (TPSA) is 9.23 Å². The van der Waals surface area contributed by atoms with Crippen LogP contribution in [-0.2, 0) is 4.74 Å². The Morgan fingerprint density at radius 3 is 2.50 bits per heavy atom. The molecule has 0 bridgehead atoms. The fourth-order valence-electron chi connectivity index (χ4n) is 0.601. The van der Waals surface area contributed by atoms with Crippen molar-refractivity contribution in [1.29, 1.82) is 0 Å². The second kappa shape index (κ2) is 1.65. The second-order valence-electron chi connectivity index (χ2n) is 2.13. The van der Waals surface area contributed by atoms with E-state index in [-0.39, 0.29) is 5.92 Å². The highest BCUT2D eigenvalue weighted by molar-refractivity contribution is 4.82. The van der Waals surface area contributed by atoms with Gasteiger partial charge in [0.2, 0.25) is 5.85 Å². The Kier molecular flexibility index (Phi) is 1.23. The highest BCUT2D eigenvalue weighted by Gasteiger charge is 2.46. The fraction of sp³-hybridized carbons (Fsp3) is 1.00. The minimum absolute atomic E-state index is 0.271. The maximum atomic E-state index is 12.4. The SMILES string of the molecule is CC1COC1(F)CF. The summed E-state index contributed by atoms with van der Waals surface area (Å²) in [6.07, 6.45) is 0. The van der Waals surface area contributed by atoms with E-state index in [1.807, 2.05) is 0 Å². The van der Waals surface area contributed by atoms with Crippen LogP contribution in [0.3, 0.4) is 0 Å². The molecule has 0 radical (unpaired) electrons. The zero-order valence-electron chi connectivity index (χ0n) is 4.66. The lowest BCUT2D eigenvalue weighted by Crippen LogP contribution is -2.50. The van der Waals surface area contributed by atoms with Gasteiger partial charge in [-0.15, -0.1) is 0 Å². The second-order valence-corrected chi connectivity index (χ2v) is 2.13. The van der Waals surface area contributed by atoms with E-state index >= 15 is 0 Å². The van der Waals surface area contributed by atoms with E-state index in [1.54, 1.807) is 6.92 Å². The molecule has 0 aromatic carbocycles. The van der Waals surface area contributed by atoms with Gasteiger partial charge in [-0.2, -0.15) is 0 Å². The predicted octanol–water partition coefficient (Wildman–Crippen LogP) is 1.29. The monoisotopic (exact) mass is 122 g/mol. The van der Waals surface area contributed by atoms with Crippen LogP contribution in [-0.4, -0.2) is 19.1 Å². The van der Waals surface area contributed by atoms with Crippen molar-refractivity contribution >= 4 is 0 Å². The quantitative estimate of drug-likeness (QED) is 0.509. The first-order chi connectivity index (χ1) is 3.69. The van der Waals surface area contributed by atoms with Crippen molar-refractivity contribution in [3.05, 3.63) is 0 Å². The summed E-state index contributed by atoms with van der Waals surface area (Å²) in [7, 11) is 0. The molecule has 1 nitrogen and oxygen atoms in total. The zero-order valence-corrected chi connectivity index (χ0v) is 4.66. The lowest BCUT2D eigenvalue weighted by Gasteiger charge is -2.38. The molecule has 48 valence electrons. The summed E-state index contributed by atoms with van der Waals surface area (Å²) >= 11 is 0. The van der Waals surface area contributed by atoms with Gasteiger partial charge in [0.1, 0.15) is 6.67 Å². The van der Waals surface area contributed by atoms with E-state index in [0.717, 1.165) is 0 Å². The molecule has 2 unspecified atom stereocenters. The van der Waals surface area contributed by atoms with Crippen LogP contribution in [0.15, 0.2) is 0 Å². The van der Waals surface area contributed by atoms with E-state index in [0.29, 0.717) is 6.61 Å². The molecule has 1 heterocycles. The summed E-state index contributed by atoms with van der Waals surface area (Å²) in [5.74, 6) is -2.22. The Morgan fingerprint density at radius 1 is 1.88 bits per heavy atom. The molecule has 0 N–H and O–H groups in total. The first-order valence-corrected chi connectivity index (χ1v) is 2.58. The summed E-state index contributed by atoms with van der Waals surface area (Å²) in [6.45, 7) is 0.956. The highest BCUT2D eigenvalue weighted by atomic mass is 19.2. The van der Waals surface area contributed by atoms with Gasteiger partial charge in [-0.25, -0.2) is 8.78 Å². The average Bonchev–Trinajstić information content (AvgIpc) is 1.83. The van der Waals surface area contributed by atoms with E-state index in [1.165, 1.54) is 0 Å². The average molecular weight is 122 g/mol. The molecule has 1 fully saturated rings. The van der Waals surface area contributed by atoms with Crippen molar-refractivity contribution in [1.82, 2.24) is 0 Å². The number of hydrogen-bond acceptors (Lipinski definition) is 1. The first-order valence-electron chi connectivity index (χ1n) is 2.58. The third-order valence-electron chi connectivity index (χ3n) is 1.49. The smallest absolute Gasteiger partial charge is 0.242 e. The largest absolute Gasteiger partial charge is 0.343 e. The molecule has 1 rings (SSSR count). The summed E-state index contributed by atoms with van der Waals surface area (Å²) in [4.78, 5) is 0. The molecule has 0 amide bonds. The van der Waals surface area contributed by atoms with E-state index in [2.05, 4.69) is 4.74 Å². The van der Waals surface area contributed by atoms with Crippen molar-refractivity contribution in [2.45, 2.75) is 12.8 Å². The van der Waals surface area contributed by atoms with E-state index in [4.69, 9.17) is 0 Å². The van der Waals surface area contributed by atoms with Crippen molar-refractivity contribution in [3.8, 4) is 0 Å². The first kappa shape index (κ1) is 5.95. The molecule has 3 heteroatoms. The highest BCUT2D eigenvalue weighted by Crippen LogP contribution is 2.34. The van der Waals surface area contributed by atoms with Gasteiger partial charge in [-0.3, -0.25) is 0 Å². The Labute approximate surface area is 46.6 Å². The Morgan fingerprint density at radius 2 is 2.50 bits per heavy atom. The van der Waals surface area contributed by atoms with Crippen molar-refractivity contribution in [3.63, 3.8) is 0 Å². The zero-order chi connectivity index (χ0) is 6.20. The van der Waals surface area contributed by atoms with Gasteiger partial charge in [-0.05, 0) is 0 Å². The van der Waals surface area contributed by atoms with Gasteiger partial charge in [0, 0.05) is 5.92 Å². The van der Waals surface area contributed by atoms with Gasteiger partial charge >= 0.3 is 0 Å².